The summed E-state index contributed by atoms with van der Waals surface area (Å²) in [7, 11) is 0. The first kappa shape index (κ1) is 13.4. The molecule has 0 saturated heterocycles. The van der Waals surface area contributed by atoms with E-state index in [1.807, 2.05) is 0 Å². The topological polar surface area (TPSA) is 78.8 Å². The summed E-state index contributed by atoms with van der Waals surface area (Å²) in [6.07, 6.45) is 1.54. The SMILES string of the molecule is Nc1nnc(OCc2ccc(Cl)c3c2cnn3SF)s1. The smallest absolute Gasteiger partial charge is 0.296 e. The van der Waals surface area contributed by atoms with Crippen molar-refractivity contribution in [2.24, 2.45) is 0 Å². The van der Waals surface area contributed by atoms with E-state index in [1.54, 1.807) is 18.3 Å². The van der Waals surface area contributed by atoms with Gasteiger partial charge in [0.25, 0.3) is 5.19 Å². The van der Waals surface area contributed by atoms with Crippen LogP contribution in [0.5, 0.6) is 5.19 Å². The van der Waals surface area contributed by atoms with Crippen molar-refractivity contribution < 1.29 is 8.62 Å². The molecule has 3 rings (SSSR count). The van der Waals surface area contributed by atoms with Crippen LogP contribution in [0.2, 0.25) is 5.02 Å². The van der Waals surface area contributed by atoms with Crippen LogP contribution < -0.4 is 10.5 Å². The van der Waals surface area contributed by atoms with Gasteiger partial charge >= 0.3 is 0 Å². The molecule has 0 fully saturated rings. The molecule has 0 atom stereocenters. The van der Waals surface area contributed by atoms with E-state index in [1.165, 1.54) is 0 Å². The van der Waals surface area contributed by atoms with E-state index in [0.29, 0.717) is 20.9 Å². The lowest BCUT2D eigenvalue weighted by molar-refractivity contribution is 0.303. The van der Waals surface area contributed by atoms with Crippen molar-refractivity contribution in [3.63, 3.8) is 0 Å². The molecule has 0 radical (unpaired) electrons. The fourth-order valence-corrected chi connectivity index (χ4v) is 2.83. The Kier molecular flexibility index (Phi) is 3.64. The summed E-state index contributed by atoms with van der Waals surface area (Å²) in [6.45, 7) is 0.241. The molecule has 20 heavy (non-hydrogen) atoms. The molecular weight excluding hydrogens is 325 g/mol. The Balaban J connectivity index is 1.92. The van der Waals surface area contributed by atoms with Gasteiger partial charge in [0.15, 0.2) is 12.3 Å². The van der Waals surface area contributed by atoms with E-state index >= 15 is 0 Å². The van der Waals surface area contributed by atoms with Crippen molar-refractivity contribution in [1.82, 2.24) is 19.4 Å². The molecule has 0 aliphatic heterocycles. The quantitative estimate of drug-likeness (QED) is 0.791. The molecule has 1 aromatic carbocycles. The maximum Gasteiger partial charge on any atom is 0.296 e. The minimum absolute atomic E-state index is 0.0109. The largest absolute Gasteiger partial charge is 0.464 e. The van der Waals surface area contributed by atoms with Crippen molar-refractivity contribution in [1.29, 1.82) is 0 Å². The number of rotatable bonds is 4. The van der Waals surface area contributed by atoms with Gasteiger partial charge in [-0.15, -0.1) is 8.98 Å². The monoisotopic (exact) mass is 331 g/mol. The fraction of sp³-hybridized carbons (Fsp3) is 0.100. The molecule has 0 aliphatic carbocycles. The Morgan fingerprint density at radius 2 is 2.30 bits per heavy atom. The molecule has 6 nitrogen and oxygen atoms in total. The summed E-state index contributed by atoms with van der Waals surface area (Å²) in [4.78, 5) is 0. The minimum atomic E-state index is -0.0109. The zero-order chi connectivity index (χ0) is 14.1. The van der Waals surface area contributed by atoms with Crippen LogP contribution in [0.4, 0.5) is 9.02 Å². The average molecular weight is 332 g/mol. The van der Waals surface area contributed by atoms with E-state index in [-0.39, 0.29) is 18.9 Å². The minimum Gasteiger partial charge on any atom is -0.464 e. The highest BCUT2D eigenvalue weighted by molar-refractivity contribution is 7.92. The zero-order valence-corrected chi connectivity index (χ0v) is 12.2. The lowest BCUT2D eigenvalue weighted by Crippen LogP contribution is -1.96. The van der Waals surface area contributed by atoms with Crippen LogP contribution in [-0.2, 0) is 6.61 Å². The second kappa shape index (κ2) is 5.43. The Morgan fingerprint density at radius 1 is 1.45 bits per heavy atom. The first-order chi connectivity index (χ1) is 9.69. The molecule has 0 bridgehead atoms. The molecule has 3 aromatic rings. The van der Waals surface area contributed by atoms with E-state index in [2.05, 4.69) is 15.3 Å². The molecule has 0 amide bonds. The maximum absolute atomic E-state index is 12.8. The summed E-state index contributed by atoms with van der Waals surface area (Å²) in [5, 5.41) is 13.2. The van der Waals surface area contributed by atoms with Crippen LogP contribution in [0, 0.1) is 0 Å². The normalized spacial score (nSPS) is 11.1. The van der Waals surface area contributed by atoms with Gasteiger partial charge in [0.05, 0.1) is 11.2 Å². The van der Waals surface area contributed by atoms with Crippen molar-refractivity contribution in [3.8, 4) is 5.19 Å². The van der Waals surface area contributed by atoms with Crippen molar-refractivity contribution >= 4 is 51.3 Å². The van der Waals surface area contributed by atoms with Gasteiger partial charge in [-0.05, 0) is 17.4 Å². The van der Waals surface area contributed by atoms with Gasteiger partial charge in [0.2, 0.25) is 5.13 Å². The van der Waals surface area contributed by atoms with E-state index in [0.717, 1.165) is 26.4 Å². The number of nitrogen functional groups attached to an aromatic ring is 1. The van der Waals surface area contributed by atoms with Gasteiger partial charge in [0, 0.05) is 10.9 Å². The molecule has 2 heterocycles. The number of hydrogen-bond acceptors (Lipinski definition) is 7. The van der Waals surface area contributed by atoms with Gasteiger partial charge in [-0.25, -0.2) is 0 Å². The van der Waals surface area contributed by atoms with Crippen LogP contribution in [0.1, 0.15) is 5.56 Å². The molecule has 0 saturated carbocycles. The van der Waals surface area contributed by atoms with E-state index in [9.17, 15) is 3.89 Å². The predicted octanol–water partition coefficient (Wildman–Crippen LogP) is 3.08. The van der Waals surface area contributed by atoms with Crippen LogP contribution in [0.3, 0.4) is 0 Å². The molecular formula is C10H7ClFN5OS2. The van der Waals surface area contributed by atoms with Gasteiger partial charge < -0.3 is 10.5 Å². The summed E-state index contributed by atoms with van der Waals surface area (Å²) in [5.74, 6) is 0. The average Bonchev–Trinajstić information content (AvgIpc) is 3.05. The maximum atomic E-state index is 12.8. The Labute approximate surface area is 126 Å². The third kappa shape index (κ3) is 2.39. The van der Waals surface area contributed by atoms with Gasteiger partial charge in [-0.3, -0.25) is 0 Å². The van der Waals surface area contributed by atoms with Gasteiger partial charge in [-0.1, -0.05) is 22.8 Å². The highest BCUT2D eigenvalue weighted by atomic mass is 35.5. The Hall–Kier alpha value is -1.58. The zero-order valence-electron chi connectivity index (χ0n) is 9.79. The number of nitrogens with zero attached hydrogens (tertiary/aromatic N) is 4. The molecule has 0 spiro atoms. The summed E-state index contributed by atoms with van der Waals surface area (Å²) in [5.41, 5.74) is 6.80. The third-order valence-corrected chi connectivity index (χ3v) is 3.96. The fourth-order valence-electron chi connectivity index (χ4n) is 1.73. The van der Waals surface area contributed by atoms with Crippen molar-refractivity contribution in [2.75, 3.05) is 5.73 Å². The molecule has 10 heteroatoms. The first-order valence-electron chi connectivity index (χ1n) is 5.35. The van der Waals surface area contributed by atoms with Crippen LogP contribution in [-0.4, -0.2) is 19.4 Å². The molecule has 0 aliphatic rings. The summed E-state index contributed by atoms with van der Waals surface area (Å²) < 4.78 is 19.4. The highest BCUT2D eigenvalue weighted by Crippen LogP contribution is 2.30. The van der Waals surface area contributed by atoms with Crippen LogP contribution >= 0.6 is 35.3 Å². The molecule has 0 unspecified atom stereocenters. The number of halogens is 2. The molecule has 2 aromatic heterocycles. The summed E-state index contributed by atoms with van der Waals surface area (Å²) >= 11 is 7.19. The number of anilines is 1. The van der Waals surface area contributed by atoms with Crippen molar-refractivity contribution in [3.05, 3.63) is 28.9 Å². The highest BCUT2D eigenvalue weighted by Gasteiger charge is 2.13. The van der Waals surface area contributed by atoms with Crippen LogP contribution in [0.25, 0.3) is 10.9 Å². The predicted molar refractivity (Wildman–Crippen MR) is 77.5 cm³/mol. The third-order valence-electron chi connectivity index (χ3n) is 2.58. The Bertz CT molecular complexity index is 761. The lowest BCUT2D eigenvalue weighted by Gasteiger charge is -2.05. The second-order valence-corrected chi connectivity index (χ2v) is 5.61. The first-order valence-corrected chi connectivity index (χ1v) is 7.22. The van der Waals surface area contributed by atoms with E-state index in [4.69, 9.17) is 22.1 Å². The molecule has 2 N–H and O–H groups in total. The number of hydrogen-bond donors (Lipinski definition) is 1. The summed E-state index contributed by atoms with van der Waals surface area (Å²) in [6, 6.07) is 3.47. The number of aromatic nitrogens is 4. The number of fused-ring (bicyclic) bond motifs is 1. The standard InChI is InChI=1S/C10H7ClFN5OS2/c11-7-2-1-5(4-18-10-16-15-9(13)19-10)6-3-14-17(20-12)8(6)7/h1-3H,4H2,(H2,13,15). The number of benzene rings is 1. The van der Waals surface area contributed by atoms with E-state index < -0.39 is 0 Å². The van der Waals surface area contributed by atoms with Crippen LogP contribution in [0.15, 0.2) is 18.3 Å². The number of ether oxygens (including phenoxy) is 1. The van der Waals surface area contributed by atoms with Gasteiger partial charge in [-0.2, -0.15) is 9.19 Å². The number of nitrogens with two attached hydrogens (primary N) is 1. The molecule has 104 valence electrons. The Morgan fingerprint density at radius 3 is 3.00 bits per heavy atom. The second-order valence-electron chi connectivity index (χ2n) is 3.75. The van der Waals surface area contributed by atoms with Gasteiger partial charge in [0.1, 0.15) is 12.1 Å². The van der Waals surface area contributed by atoms with Crippen molar-refractivity contribution in [2.45, 2.75) is 6.61 Å². The lowest BCUT2D eigenvalue weighted by atomic mass is 10.1.